The highest BCUT2D eigenvalue weighted by molar-refractivity contribution is 5.54. The number of ether oxygens (including phenoxy) is 1. The Morgan fingerprint density at radius 1 is 0.917 bits per heavy atom. The Hall–Kier alpha value is -2.00. The molecule has 2 aromatic rings. The van der Waals surface area contributed by atoms with E-state index >= 15 is 0 Å². The van der Waals surface area contributed by atoms with Crippen LogP contribution in [0.2, 0.25) is 0 Å². The Bertz CT molecular complexity index is 584. The second kappa shape index (κ2) is 10.7. The Morgan fingerprint density at radius 2 is 1.71 bits per heavy atom. The molecule has 0 saturated heterocycles. The summed E-state index contributed by atoms with van der Waals surface area (Å²) in [5.74, 6) is 0.764. The van der Waals surface area contributed by atoms with E-state index in [4.69, 9.17) is 10.5 Å². The lowest BCUT2D eigenvalue weighted by atomic mass is 10.1. The monoisotopic (exact) mass is 326 g/mol. The minimum absolute atomic E-state index is 0.548. The van der Waals surface area contributed by atoms with Crippen molar-refractivity contribution in [2.75, 3.05) is 18.8 Å². The van der Waals surface area contributed by atoms with Gasteiger partial charge in [0.25, 0.3) is 0 Å². The first-order valence-corrected chi connectivity index (χ1v) is 9.05. The third-order valence-electron chi connectivity index (χ3n) is 4.09. The van der Waals surface area contributed by atoms with Gasteiger partial charge in [0.05, 0.1) is 5.69 Å². The van der Waals surface area contributed by atoms with Gasteiger partial charge in [0, 0.05) is 0 Å². The van der Waals surface area contributed by atoms with Crippen molar-refractivity contribution in [3.8, 4) is 5.75 Å². The summed E-state index contributed by atoms with van der Waals surface area (Å²) in [7, 11) is 0. The lowest BCUT2D eigenvalue weighted by Crippen LogP contribution is -2.17. The van der Waals surface area contributed by atoms with Gasteiger partial charge >= 0.3 is 0 Å². The lowest BCUT2D eigenvalue weighted by Gasteiger charge is -2.11. The van der Waals surface area contributed by atoms with Gasteiger partial charge in [0.2, 0.25) is 0 Å². The molecule has 0 saturated carbocycles. The molecule has 0 aromatic heterocycles. The van der Waals surface area contributed by atoms with E-state index in [1.807, 2.05) is 30.3 Å². The van der Waals surface area contributed by atoms with E-state index in [2.05, 4.69) is 30.4 Å². The van der Waals surface area contributed by atoms with Crippen molar-refractivity contribution in [2.24, 2.45) is 0 Å². The van der Waals surface area contributed by atoms with Gasteiger partial charge in [-0.3, -0.25) is 0 Å². The molecule has 2 rings (SSSR count). The van der Waals surface area contributed by atoms with Gasteiger partial charge in [0.1, 0.15) is 12.4 Å². The quantitative estimate of drug-likeness (QED) is 0.470. The number of unbranched alkanes of at least 4 members (excludes halogenated alkanes) is 2. The summed E-state index contributed by atoms with van der Waals surface area (Å²) >= 11 is 0. The summed E-state index contributed by atoms with van der Waals surface area (Å²) in [5, 5.41) is 3.50. The normalized spacial score (nSPS) is 10.7. The highest BCUT2D eigenvalue weighted by Crippen LogP contribution is 2.24. The van der Waals surface area contributed by atoms with Gasteiger partial charge < -0.3 is 15.8 Å². The maximum Gasteiger partial charge on any atom is 0.142 e. The van der Waals surface area contributed by atoms with Gasteiger partial charge in [-0.15, -0.1) is 0 Å². The van der Waals surface area contributed by atoms with E-state index in [9.17, 15) is 0 Å². The first kappa shape index (κ1) is 18.3. The van der Waals surface area contributed by atoms with Gasteiger partial charge in [-0.1, -0.05) is 56.2 Å². The topological polar surface area (TPSA) is 47.3 Å². The van der Waals surface area contributed by atoms with Gasteiger partial charge in [0.15, 0.2) is 0 Å². The van der Waals surface area contributed by atoms with Crippen LogP contribution in [-0.2, 0) is 13.0 Å². The Balaban J connectivity index is 1.71. The van der Waals surface area contributed by atoms with Crippen LogP contribution >= 0.6 is 0 Å². The molecule has 0 aliphatic heterocycles. The number of nitrogens with one attached hydrogen (secondary N) is 1. The molecule has 130 valence electrons. The number of aryl methyl sites for hydroxylation is 1. The van der Waals surface area contributed by atoms with E-state index in [0.29, 0.717) is 6.61 Å². The largest absolute Gasteiger partial charge is 0.487 e. The highest BCUT2D eigenvalue weighted by atomic mass is 16.5. The first-order chi connectivity index (χ1) is 11.8. The molecule has 0 fully saturated rings. The number of hydrogen-bond acceptors (Lipinski definition) is 3. The summed E-state index contributed by atoms with van der Waals surface area (Å²) in [6, 6.07) is 16.3. The molecule has 0 aliphatic rings. The van der Waals surface area contributed by atoms with Crippen LogP contribution in [0.1, 0.15) is 43.7 Å². The van der Waals surface area contributed by atoms with E-state index in [1.54, 1.807) is 0 Å². The zero-order valence-corrected chi connectivity index (χ0v) is 14.8. The van der Waals surface area contributed by atoms with Gasteiger partial charge in [-0.05, 0) is 55.6 Å². The minimum Gasteiger partial charge on any atom is -0.487 e. The van der Waals surface area contributed by atoms with Crippen LogP contribution in [0, 0.1) is 0 Å². The van der Waals surface area contributed by atoms with E-state index < -0.39 is 0 Å². The fourth-order valence-corrected chi connectivity index (χ4v) is 2.66. The molecule has 3 nitrogen and oxygen atoms in total. The van der Waals surface area contributed by atoms with Crippen LogP contribution in [0.4, 0.5) is 5.69 Å². The molecule has 2 aromatic carbocycles. The number of hydrogen-bond donors (Lipinski definition) is 2. The lowest BCUT2D eigenvalue weighted by molar-refractivity contribution is 0.308. The molecule has 3 heteroatoms. The third kappa shape index (κ3) is 6.63. The Kier molecular flexibility index (Phi) is 8.19. The standard InChI is InChI=1S/C21H30N2O/c1-2-3-7-14-23-15-8-11-18-12-13-21(20(22)16-18)24-17-19-9-5-4-6-10-19/h4-6,9-10,12-13,16,23H,2-3,7-8,11,14-15,17,22H2,1H3. The summed E-state index contributed by atoms with van der Waals surface area (Å²) in [5.41, 5.74) is 9.27. The molecule has 0 atom stereocenters. The second-order valence-corrected chi connectivity index (χ2v) is 6.21. The van der Waals surface area contributed by atoms with Crippen molar-refractivity contribution in [1.82, 2.24) is 5.32 Å². The molecule has 0 heterocycles. The van der Waals surface area contributed by atoms with Gasteiger partial charge in [-0.25, -0.2) is 0 Å². The van der Waals surface area contributed by atoms with Crippen molar-refractivity contribution in [3.63, 3.8) is 0 Å². The highest BCUT2D eigenvalue weighted by Gasteiger charge is 2.03. The molecule has 0 aliphatic carbocycles. The summed E-state index contributed by atoms with van der Waals surface area (Å²) in [6.45, 7) is 4.97. The molecule has 0 radical (unpaired) electrons. The van der Waals surface area contributed by atoms with E-state index in [1.165, 1.54) is 24.8 Å². The summed E-state index contributed by atoms with van der Waals surface area (Å²) in [4.78, 5) is 0. The smallest absolute Gasteiger partial charge is 0.142 e. The number of benzene rings is 2. The predicted octanol–water partition coefficient (Wildman–Crippen LogP) is 4.56. The maximum atomic E-state index is 6.13. The molecule has 0 bridgehead atoms. The number of anilines is 1. The van der Waals surface area contributed by atoms with Crippen LogP contribution < -0.4 is 15.8 Å². The fraction of sp³-hybridized carbons (Fsp3) is 0.429. The van der Waals surface area contributed by atoms with E-state index in [0.717, 1.165) is 42.9 Å². The minimum atomic E-state index is 0.548. The second-order valence-electron chi connectivity index (χ2n) is 6.21. The fourth-order valence-electron chi connectivity index (χ4n) is 2.66. The van der Waals surface area contributed by atoms with Crippen molar-refractivity contribution in [3.05, 3.63) is 59.7 Å². The molecule has 24 heavy (non-hydrogen) atoms. The average Bonchev–Trinajstić information content (AvgIpc) is 2.61. The third-order valence-corrected chi connectivity index (χ3v) is 4.09. The number of nitrogen functional groups attached to an aromatic ring is 1. The summed E-state index contributed by atoms with van der Waals surface area (Å²) < 4.78 is 5.82. The Labute approximate surface area is 146 Å². The van der Waals surface area contributed by atoms with Gasteiger partial charge in [-0.2, -0.15) is 0 Å². The van der Waals surface area contributed by atoms with E-state index in [-0.39, 0.29) is 0 Å². The van der Waals surface area contributed by atoms with Crippen LogP contribution in [0.3, 0.4) is 0 Å². The predicted molar refractivity (Wildman–Crippen MR) is 102 cm³/mol. The van der Waals surface area contributed by atoms with Crippen LogP contribution in [0.25, 0.3) is 0 Å². The average molecular weight is 326 g/mol. The molecule has 0 amide bonds. The molecular formula is C21H30N2O. The summed E-state index contributed by atoms with van der Waals surface area (Å²) in [6.07, 6.45) is 6.05. The maximum absolute atomic E-state index is 6.13. The zero-order chi connectivity index (χ0) is 17.0. The molecule has 0 spiro atoms. The SMILES string of the molecule is CCCCCNCCCc1ccc(OCc2ccccc2)c(N)c1. The molecule has 0 unspecified atom stereocenters. The molecule has 3 N–H and O–H groups in total. The van der Waals surface area contributed by atoms with Crippen molar-refractivity contribution in [2.45, 2.75) is 45.6 Å². The number of rotatable bonds is 11. The van der Waals surface area contributed by atoms with Crippen molar-refractivity contribution >= 4 is 5.69 Å². The van der Waals surface area contributed by atoms with Crippen LogP contribution in [-0.4, -0.2) is 13.1 Å². The van der Waals surface area contributed by atoms with Crippen LogP contribution in [0.15, 0.2) is 48.5 Å². The van der Waals surface area contributed by atoms with Crippen molar-refractivity contribution in [1.29, 1.82) is 0 Å². The zero-order valence-electron chi connectivity index (χ0n) is 14.8. The van der Waals surface area contributed by atoms with Crippen LogP contribution in [0.5, 0.6) is 5.75 Å². The Morgan fingerprint density at radius 3 is 2.46 bits per heavy atom. The molecular weight excluding hydrogens is 296 g/mol. The first-order valence-electron chi connectivity index (χ1n) is 9.05. The van der Waals surface area contributed by atoms with Crippen molar-refractivity contribution < 1.29 is 4.74 Å². The number of nitrogens with two attached hydrogens (primary N) is 1.